The molecule has 0 saturated carbocycles. The minimum absolute atomic E-state index is 0.326. The Labute approximate surface area is 282 Å². The number of carbonyl (C=O) groups is 1. The Balaban J connectivity index is 1.38. The van der Waals surface area contributed by atoms with Crippen LogP contribution in [0.1, 0.15) is 82.0 Å². The molecule has 5 aromatic rings. The number of aryl methyl sites for hydroxylation is 2. The molecule has 0 unspecified atom stereocenters. The van der Waals surface area contributed by atoms with Crippen LogP contribution in [0, 0.1) is 11.3 Å². The number of hydrogen-bond acceptors (Lipinski definition) is 7. The van der Waals surface area contributed by atoms with E-state index in [2.05, 4.69) is 60.6 Å². The summed E-state index contributed by atoms with van der Waals surface area (Å²) in [5, 5.41) is 20.5. The summed E-state index contributed by atoms with van der Waals surface area (Å²) in [6, 6.07) is 19.2. The number of carboxylic acids is 1. The Hall–Kier alpha value is -3.35. The lowest BCUT2D eigenvalue weighted by Crippen LogP contribution is -1.97. The summed E-state index contributed by atoms with van der Waals surface area (Å²) in [5.74, 6) is -1.25. The number of aromatic nitrogens is 1. The number of carboxylic acid groups (broad SMARTS) is 1. The van der Waals surface area contributed by atoms with Gasteiger partial charge in [0.1, 0.15) is 11.6 Å². The number of aliphatic carboxylic acids is 1. The minimum Gasteiger partial charge on any atom is -0.477 e. The van der Waals surface area contributed by atoms with Crippen LogP contribution in [-0.4, -0.2) is 16.1 Å². The highest BCUT2D eigenvalue weighted by Gasteiger charge is 2.17. The summed E-state index contributed by atoms with van der Waals surface area (Å²) in [6.07, 6.45) is 15.3. The van der Waals surface area contributed by atoms with Gasteiger partial charge in [-0.3, -0.25) is 4.98 Å². The van der Waals surface area contributed by atoms with Crippen LogP contribution in [0.5, 0.6) is 0 Å². The summed E-state index contributed by atoms with van der Waals surface area (Å²) in [5.41, 5.74) is 3.99. The van der Waals surface area contributed by atoms with Crippen molar-refractivity contribution in [2.75, 3.05) is 0 Å². The summed E-state index contributed by atoms with van der Waals surface area (Å²) in [7, 11) is 0. The maximum Gasteiger partial charge on any atom is 0.346 e. The largest absolute Gasteiger partial charge is 0.477 e. The van der Waals surface area contributed by atoms with Crippen molar-refractivity contribution < 1.29 is 9.90 Å². The first kappa shape index (κ1) is 33.0. The Morgan fingerprint density at radius 3 is 2.02 bits per heavy atom. The highest BCUT2D eigenvalue weighted by Crippen LogP contribution is 2.46. The van der Waals surface area contributed by atoms with Crippen LogP contribution in [0.4, 0.5) is 0 Å². The molecule has 0 radical (unpaired) electrons. The molecule has 5 heterocycles. The van der Waals surface area contributed by atoms with Gasteiger partial charge in [0, 0.05) is 45.9 Å². The summed E-state index contributed by atoms with van der Waals surface area (Å²) < 4.78 is 0. The predicted molar refractivity (Wildman–Crippen MR) is 194 cm³/mol. The van der Waals surface area contributed by atoms with Gasteiger partial charge in [-0.2, -0.15) is 5.26 Å². The highest BCUT2D eigenvalue weighted by atomic mass is 32.1. The zero-order valence-corrected chi connectivity index (χ0v) is 29.1. The zero-order valence-electron chi connectivity index (χ0n) is 25.8. The molecule has 0 spiro atoms. The van der Waals surface area contributed by atoms with Gasteiger partial charge < -0.3 is 5.11 Å². The van der Waals surface area contributed by atoms with Crippen molar-refractivity contribution in [2.45, 2.75) is 78.1 Å². The Kier molecular flexibility index (Phi) is 11.9. The van der Waals surface area contributed by atoms with E-state index in [-0.39, 0.29) is 5.57 Å². The fraction of sp³-hybridized carbons (Fsp3) is 0.324. The van der Waals surface area contributed by atoms with Gasteiger partial charge in [0.15, 0.2) is 0 Å². The fourth-order valence-electron chi connectivity index (χ4n) is 5.31. The molecule has 0 amide bonds. The molecule has 0 aliphatic carbocycles. The van der Waals surface area contributed by atoms with Crippen molar-refractivity contribution in [1.82, 2.24) is 4.98 Å². The molecular formula is C37H38N2O2S4. The normalized spacial score (nSPS) is 11.6. The number of nitrogens with zero attached hydrogens (tertiary/aromatic N) is 2. The van der Waals surface area contributed by atoms with Crippen molar-refractivity contribution in [3.8, 4) is 45.8 Å². The molecule has 0 aliphatic rings. The molecule has 0 bridgehead atoms. The van der Waals surface area contributed by atoms with E-state index in [1.807, 2.05) is 40.1 Å². The smallest absolute Gasteiger partial charge is 0.346 e. The van der Waals surface area contributed by atoms with Crippen LogP contribution in [0.2, 0.25) is 0 Å². The molecule has 1 N–H and O–H groups in total. The monoisotopic (exact) mass is 670 g/mol. The molecule has 4 nitrogen and oxygen atoms in total. The fourth-order valence-corrected chi connectivity index (χ4v) is 9.88. The van der Waals surface area contributed by atoms with E-state index in [0.29, 0.717) is 5.69 Å². The van der Waals surface area contributed by atoms with Crippen LogP contribution < -0.4 is 0 Å². The molecule has 0 aromatic carbocycles. The third-order valence-electron chi connectivity index (χ3n) is 7.77. The first-order valence-electron chi connectivity index (χ1n) is 15.7. The molecule has 45 heavy (non-hydrogen) atoms. The van der Waals surface area contributed by atoms with Crippen LogP contribution in [-0.2, 0) is 17.6 Å². The maximum absolute atomic E-state index is 11.2. The van der Waals surface area contributed by atoms with Crippen molar-refractivity contribution >= 4 is 57.4 Å². The van der Waals surface area contributed by atoms with Gasteiger partial charge in [0.25, 0.3) is 0 Å². The van der Waals surface area contributed by atoms with E-state index in [0.717, 1.165) is 23.3 Å². The summed E-state index contributed by atoms with van der Waals surface area (Å²) >= 11 is 7.43. The van der Waals surface area contributed by atoms with E-state index >= 15 is 0 Å². The molecule has 232 valence electrons. The molecule has 0 atom stereocenters. The SMILES string of the molecule is CCCCCCc1ccsc1-c1ccc(-c2ccc(-c3sc(-c4ccc(/C=C(/C#N)C(=O)O)nc4)cc3CCCCCC)s2)s1. The first-order chi connectivity index (χ1) is 22.0. The lowest BCUT2D eigenvalue weighted by atomic mass is 10.1. The lowest BCUT2D eigenvalue weighted by molar-refractivity contribution is -0.132. The van der Waals surface area contributed by atoms with Gasteiger partial charge in [0.05, 0.1) is 5.69 Å². The van der Waals surface area contributed by atoms with Gasteiger partial charge in [0.2, 0.25) is 0 Å². The van der Waals surface area contributed by atoms with Crippen molar-refractivity contribution in [3.05, 3.63) is 82.5 Å². The Morgan fingerprint density at radius 1 is 0.778 bits per heavy atom. The van der Waals surface area contributed by atoms with Crippen LogP contribution >= 0.6 is 45.3 Å². The lowest BCUT2D eigenvalue weighted by Gasteiger charge is -2.02. The molecule has 0 aliphatic heterocycles. The van der Waals surface area contributed by atoms with Gasteiger partial charge in [-0.1, -0.05) is 52.4 Å². The molecule has 5 aromatic heterocycles. The average Bonchev–Trinajstić information content (AvgIpc) is 3.86. The third-order valence-corrected chi connectivity index (χ3v) is 12.7. The predicted octanol–water partition coefficient (Wildman–Crippen LogP) is 12.2. The second kappa shape index (κ2) is 16.3. The van der Waals surface area contributed by atoms with E-state index < -0.39 is 5.97 Å². The second-order valence-electron chi connectivity index (χ2n) is 11.1. The minimum atomic E-state index is -1.25. The molecule has 0 fully saturated rings. The first-order valence-corrected chi connectivity index (χ1v) is 19.0. The molecule has 0 saturated heterocycles. The van der Waals surface area contributed by atoms with Gasteiger partial charge in [-0.15, -0.1) is 45.3 Å². The van der Waals surface area contributed by atoms with Crippen LogP contribution in [0.3, 0.4) is 0 Å². The third kappa shape index (κ3) is 8.47. The number of nitriles is 1. The Bertz CT molecular complexity index is 1780. The van der Waals surface area contributed by atoms with E-state index in [4.69, 9.17) is 5.26 Å². The topological polar surface area (TPSA) is 74.0 Å². The van der Waals surface area contributed by atoms with Crippen LogP contribution in [0.15, 0.2) is 65.7 Å². The zero-order chi connectivity index (χ0) is 31.6. The standard InChI is InChI=1S/C37H38N2O2S4/c1-3-5-7-9-11-25-19-20-42-35(25)32-17-15-30(43-32)31-16-18-33(44-31)36-26(12-10-8-6-4-2)22-34(45-36)27-13-14-29(39-24-27)21-28(23-38)37(40)41/h13-22,24H,3-12H2,1-2H3,(H,40,41)/b28-21-. The van der Waals surface area contributed by atoms with Crippen LogP contribution in [0.25, 0.3) is 45.8 Å². The van der Waals surface area contributed by atoms with Crippen molar-refractivity contribution in [1.29, 1.82) is 5.26 Å². The Morgan fingerprint density at radius 2 is 1.42 bits per heavy atom. The number of hydrogen-bond donors (Lipinski definition) is 1. The summed E-state index contributed by atoms with van der Waals surface area (Å²) in [4.78, 5) is 24.8. The molecular weight excluding hydrogens is 633 g/mol. The summed E-state index contributed by atoms with van der Waals surface area (Å²) in [6.45, 7) is 4.51. The van der Waals surface area contributed by atoms with Gasteiger partial charge in [-0.25, -0.2) is 4.79 Å². The van der Waals surface area contributed by atoms with Crippen molar-refractivity contribution in [2.24, 2.45) is 0 Å². The van der Waals surface area contributed by atoms with Crippen molar-refractivity contribution in [3.63, 3.8) is 0 Å². The number of rotatable bonds is 16. The van der Waals surface area contributed by atoms with E-state index in [1.54, 1.807) is 29.7 Å². The quantitative estimate of drug-likeness (QED) is 0.0644. The van der Waals surface area contributed by atoms with Gasteiger partial charge >= 0.3 is 5.97 Å². The number of unbranched alkanes of at least 4 members (excludes halogenated alkanes) is 6. The second-order valence-corrected chi connectivity index (χ2v) is 15.3. The average molecular weight is 671 g/mol. The van der Waals surface area contributed by atoms with E-state index in [9.17, 15) is 9.90 Å². The van der Waals surface area contributed by atoms with Gasteiger partial charge in [-0.05, 0) is 96.8 Å². The maximum atomic E-state index is 11.2. The number of thiophene rings is 4. The van der Waals surface area contributed by atoms with E-state index in [1.165, 1.54) is 97.8 Å². The number of pyridine rings is 1. The highest BCUT2D eigenvalue weighted by molar-refractivity contribution is 7.28. The molecule has 5 rings (SSSR count). The molecule has 8 heteroatoms.